The summed E-state index contributed by atoms with van der Waals surface area (Å²) in [5.41, 5.74) is 2.69. The molecule has 1 fully saturated rings. The van der Waals surface area contributed by atoms with Crippen LogP contribution in [-0.2, 0) is 23.1 Å². The molecule has 192 valence electrons. The number of rotatable bonds is 8. The molecule has 37 heavy (non-hydrogen) atoms. The second-order valence-corrected chi connectivity index (χ2v) is 12.6. The fraction of sp³-hybridized carbons (Fsp3) is 0.259. The number of halogens is 1. The molecule has 2 aromatic heterocycles. The molecule has 2 aromatic carbocycles. The van der Waals surface area contributed by atoms with Gasteiger partial charge in [0.25, 0.3) is 15.9 Å². The van der Waals surface area contributed by atoms with Gasteiger partial charge >= 0.3 is 0 Å². The largest absolute Gasteiger partial charge is 0.347 e. The van der Waals surface area contributed by atoms with E-state index in [0.717, 1.165) is 35.1 Å². The van der Waals surface area contributed by atoms with Crippen LogP contribution in [0.15, 0.2) is 77.1 Å². The molecule has 2 N–H and O–H groups in total. The van der Waals surface area contributed by atoms with Crippen LogP contribution in [0.5, 0.6) is 0 Å². The van der Waals surface area contributed by atoms with Crippen LogP contribution in [0.1, 0.15) is 33.6 Å². The van der Waals surface area contributed by atoms with Crippen LogP contribution >= 0.6 is 22.9 Å². The highest BCUT2D eigenvalue weighted by atomic mass is 35.5. The number of nitrogens with one attached hydrogen (secondary N) is 2. The van der Waals surface area contributed by atoms with Crippen LogP contribution < -0.4 is 10.6 Å². The fourth-order valence-corrected chi connectivity index (χ4v) is 7.87. The van der Waals surface area contributed by atoms with E-state index in [0.29, 0.717) is 35.1 Å². The lowest BCUT2D eigenvalue weighted by atomic mass is 10.1. The maximum Gasteiger partial charge on any atom is 0.252 e. The smallest absolute Gasteiger partial charge is 0.252 e. The average Bonchev–Trinajstić information content (AvgIpc) is 3.32. The Hall–Kier alpha value is -2.82. The summed E-state index contributed by atoms with van der Waals surface area (Å²) in [5.74, 6) is -0.233. The number of amides is 1. The normalized spacial score (nSPS) is 15.2. The lowest BCUT2D eigenvalue weighted by Crippen LogP contribution is -2.44. The van der Waals surface area contributed by atoms with E-state index in [9.17, 15) is 13.2 Å². The van der Waals surface area contributed by atoms with Gasteiger partial charge in [-0.1, -0.05) is 48.0 Å². The number of carbonyl (C=O) groups excluding carboxylic acids is 1. The number of aromatic nitrogens is 1. The molecule has 4 aromatic rings. The van der Waals surface area contributed by atoms with Crippen molar-refractivity contribution in [1.29, 1.82) is 0 Å². The Labute approximate surface area is 225 Å². The van der Waals surface area contributed by atoms with Gasteiger partial charge in [-0.05, 0) is 48.7 Å². The van der Waals surface area contributed by atoms with Crippen molar-refractivity contribution in [2.45, 2.75) is 36.2 Å². The zero-order chi connectivity index (χ0) is 25.8. The molecule has 3 heterocycles. The second-order valence-electron chi connectivity index (χ2n) is 8.93. The van der Waals surface area contributed by atoms with E-state index in [4.69, 9.17) is 11.6 Å². The van der Waals surface area contributed by atoms with E-state index < -0.39 is 10.0 Å². The second kappa shape index (κ2) is 11.3. The van der Waals surface area contributed by atoms with Gasteiger partial charge in [0.05, 0.1) is 17.1 Å². The monoisotopic (exact) mass is 554 g/mol. The van der Waals surface area contributed by atoms with Crippen LogP contribution in [0.25, 0.3) is 10.9 Å². The predicted octanol–water partition coefficient (Wildman–Crippen LogP) is 4.82. The Bertz CT molecular complexity index is 1500. The number of para-hydroxylation sites is 1. The number of hydrogen-bond acceptors (Lipinski definition) is 6. The van der Waals surface area contributed by atoms with E-state index in [2.05, 4.69) is 21.7 Å². The van der Waals surface area contributed by atoms with Crippen LogP contribution in [0, 0.1) is 0 Å². The molecule has 0 unspecified atom stereocenters. The van der Waals surface area contributed by atoms with Crippen molar-refractivity contribution in [1.82, 2.24) is 19.9 Å². The molecule has 0 spiro atoms. The minimum atomic E-state index is -3.66. The first-order valence-corrected chi connectivity index (χ1v) is 14.7. The molecule has 0 radical (unpaired) electrons. The Kier molecular flexibility index (Phi) is 7.87. The molecular weight excluding hydrogens is 528 g/mol. The maximum atomic E-state index is 13.3. The van der Waals surface area contributed by atoms with E-state index in [1.165, 1.54) is 15.9 Å². The van der Waals surface area contributed by atoms with Gasteiger partial charge in [-0.2, -0.15) is 4.31 Å². The number of sulfonamides is 1. The Morgan fingerprint density at radius 1 is 1.03 bits per heavy atom. The van der Waals surface area contributed by atoms with Crippen molar-refractivity contribution >= 4 is 49.8 Å². The first kappa shape index (κ1) is 25.8. The molecule has 1 amide bonds. The van der Waals surface area contributed by atoms with E-state index in [-0.39, 0.29) is 22.7 Å². The van der Waals surface area contributed by atoms with Gasteiger partial charge in [-0.3, -0.25) is 9.78 Å². The highest BCUT2D eigenvalue weighted by Crippen LogP contribution is 2.33. The molecule has 10 heteroatoms. The SMILES string of the molecule is O=C(NCc1sc(S(=O)(=O)N2CCC(NCc3ccnc4ccccc34)CC2)cc1Cl)c1ccccc1. The summed E-state index contributed by atoms with van der Waals surface area (Å²) in [5, 5.41) is 7.87. The zero-order valence-corrected chi connectivity index (χ0v) is 22.5. The zero-order valence-electron chi connectivity index (χ0n) is 20.1. The molecule has 0 atom stereocenters. The number of fused-ring (bicyclic) bond motifs is 1. The Morgan fingerprint density at radius 3 is 2.54 bits per heavy atom. The van der Waals surface area contributed by atoms with Crippen molar-refractivity contribution in [3.05, 3.63) is 94.0 Å². The summed E-state index contributed by atoms with van der Waals surface area (Å²) in [7, 11) is -3.66. The van der Waals surface area contributed by atoms with Gasteiger partial charge < -0.3 is 10.6 Å². The van der Waals surface area contributed by atoms with Crippen LogP contribution in [0.2, 0.25) is 5.02 Å². The summed E-state index contributed by atoms with van der Waals surface area (Å²) < 4.78 is 28.3. The molecule has 1 saturated heterocycles. The van der Waals surface area contributed by atoms with Gasteiger partial charge in [0.15, 0.2) is 0 Å². The maximum absolute atomic E-state index is 13.3. The molecule has 1 aliphatic heterocycles. The number of pyridine rings is 1. The van der Waals surface area contributed by atoms with Crippen molar-refractivity contribution in [2.24, 2.45) is 0 Å². The van der Waals surface area contributed by atoms with Gasteiger partial charge in [0, 0.05) is 47.7 Å². The van der Waals surface area contributed by atoms with Crippen molar-refractivity contribution in [3.8, 4) is 0 Å². The third-order valence-electron chi connectivity index (χ3n) is 6.55. The third-order valence-corrected chi connectivity index (χ3v) is 10.5. The summed E-state index contributed by atoms with van der Waals surface area (Å²) >= 11 is 7.45. The van der Waals surface area contributed by atoms with Gasteiger partial charge in [-0.15, -0.1) is 11.3 Å². The summed E-state index contributed by atoms with van der Waals surface area (Å²) in [4.78, 5) is 17.4. The van der Waals surface area contributed by atoms with Gasteiger partial charge in [0.2, 0.25) is 0 Å². The topological polar surface area (TPSA) is 91.4 Å². The first-order valence-electron chi connectivity index (χ1n) is 12.1. The minimum absolute atomic E-state index is 0.169. The first-order chi connectivity index (χ1) is 17.9. The van der Waals surface area contributed by atoms with Gasteiger partial charge in [0.1, 0.15) is 4.21 Å². The number of piperidine rings is 1. The third kappa shape index (κ3) is 5.86. The highest BCUT2D eigenvalue weighted by Gasteiger charge is 2.31. The lowest BCUT2D eigenvalue weighted by Gasteiger charge is -2.31. The van der Waals surface area contributed by atoms with Crippen molar-refractivity contribution in [2.75, 3.05) is 13.1 Å². The average molecular weight is 555 g/mol. The van der Waals surface area contributed by atoms with Crippen molar-refractivity contribution < 1.29 is 13.2 Å². The predicted molar refractivity (Wildman–Crippen MR) is 147 cm³/mol. The molecule has 7 nitrogen and oxygen atoms in total. The Morgan fingerprint density at radius 2 is 1.76 bits per heavy atom. The Balaban J connectivity index is 1.17. The van der Waals surface area contributed by atoms with E-state index in [1.54, 1.807) is 24.3 Å². The lowest BCUT2D eigenvalue weighted by molar-refractivity contribution is 0.0951. The van der Waals surface area contributed by atoms with E-state index in [1.807, 2.05) is 36.5 Å². The van der Waals surface area contributed by atoms with Crippen LogP contribution in [-0.4, -0.2) is 42.7 Å². The molecule has 5 rings (SSSR count). The number of benzene rings is 2. The summed E-state index contributed by atoms with van der Waals surface area (Å²) in [6.45, 7) is 1.75. The van der Waals surface area contributed by atoms with Gasteiger partial charge in [-0.25, -0.2) is 8.42 Å². The number of hydrogen-bond donors (Lipinski definition) is 2. The minimum Gasteiger partial charge on any atom is -0.347 e. The molecule has 0 saturated carbocycles. The summed E-state index contributed by atoms with van der Waals surface area (Å²) in [6, 6.07) is 20.7. The van der Waals surface area contributed by atoms with Crippen LogP contribution in [0.4, 0.5) is 0 Å². The molecule has 0 bridgehead atoms. The molecule has 1 aliphatic rings. The molecular formula is C27H27ClN4O3S2. The van der Waals surface area contributed by atoms with Crippen molar-refractivity contribution in [3.63, 3.8) is 0 Å². The molecule has 0 aliphatic carbocycles. The number of carbonyl (C=O) groups is 1. The fourth-order valence-electron chi connectivity index (χ4n) is 4.47. The number of thiophene rings is 1. The van der Waals surface area contributed by atoms with Crippen LogP contribution in [0.3, 0.4) is 0 Å². The quantitative estimate of drug-likeness (QED) is 0.326. The number of nitrogens with zero attached hydrogens (tertiary/aromatic N) is 2. The van der Waals surface area contributed by atoms with E-state index >= 15 is 0 Å². The summed E-state index contributed by atoms with van der Waals surface area (Å²) in [6.07, 6.45) is 3.27. The standard InChI is InChI=1S/C27H27ClN4O3S2/c28-23-16-26(36-25(23)18-31-27(33)19-6-2-1-3-7-19)37(34,35)32-14-11-21(12-15-32)30-17-20-10-13-29-24-9-5-4-8-22(20)24/h1-10,13,16,21,30H,11-12,14-15,17-18H2,(H,31,33). The highest BCUT2D eigenvalue weighted by molar-refractivity contribution is 7.91.